The molecule has 2 fully saturated rings. The van der Waals surface area contributed by atoms with Crippen LogP contribution in [0, 0.1) is 0 Å². The van der Waals surface area contributed by atoms with E-state index in [1.807, 2.05) is 0 Å². The number of nitrogens with one attached hydrogen (secondary N) is 3. The molecule has 0 aliphatic carbocycles. The van der Waals surface area contributed by atoms with Gasteiger partial charge in [0.15, 0.2) is 5.96 Å². The molecule has 2 bridgehead atoms. The van der Waals surface area contributed by atoms with Crippen LogP contribution in [0.1, 0.15) is 48.5 Å². The predicted molar refractivity (Wildman–Crippen MR) is 147 cm³/mol. The van der Waals surface area contributed by atoms with Crippen LogP contribution < -0.4 is 16.0 Å². The molecule has 34 heavy (non-hydrogen) atoms. The molecular weight excluding hydrogens is 541 g/mol. The summed E-state index contributed by atoms with van der Waals surface area (Å²) in [5, 5.41) is 19.2. The lowest BCUT2D eigenvalue weighted by atomic mass is 9.96. The molecule has 2 atom stereocenters. The normalized spacial score (nSPS) is 22.0. The van der Waals surface area contributed by atoms with E-state index in [1.165, 1.54) is 30.5 Å². The number of carbonyl (C=O) groups excluding carboxylic acids is 1. The predicted octanol–water partition coefficient (Wildman–Crippen LogP) is 3.49. The Morgan fingerprint density at radius 1 is 1.03 bits per heavy atom. The molecule has 8 heteroatoms. The topological polar surface area (TPSA) is 89.0 Å². The highest BCUT2D eigenvalue weighted by atomic mass is 127. The number of hydrogen-bond acceptors (Lipinski definition) is 4. The van der Waals surface area contributed by atoms with E-state index in [-0.39, 0.29) is 35.6 Å². The zero-order valence-electron chi connectivity index (χ0n) is 19.7. The Morgan fingerprint density at radius 2 is 1.71 bits per heavy atom. The number of carbonyl (C=O) groups is 1. The average molecular weight is 578 g/mol. The molecule has 7 nitrogen and oxygen atoms in total. The first-order valence-corrected chi connectivity index (χ1v) is 12.0. The van der Waals surface area contributed by atoms with E-state index in [9.17, 15) is 9.90 Å². The van der Waals surface area contributed by atoms with Gasteiger partial charge in [-0.2, -0.15) is 0 Å². The number of benzene rings is 2. The van der Waals surface area contributed by atoms with Crippen LogP contribution in [0.3, 0.4) is 0 Å². The van der Waals surface area contributed by atoms with Gasteiger partial charge in [0, 0.05) is 43.3 Å². The van der Waals surface area contributed by atoms with Crippen LogP contribution in [0.5, 0.6) is 5.75 Å². The number of phenols is 1. The fourth-order valence-corrected chi connectivity index (χ4v) is 5.01. The maximum Gasteiger partial charge on any atom is 0.251 e. The summed E-state index contributed by atoms with van der Waals surface area (Å²) in [6, 6.07) is 18.7. The lowest BCUT2D eigenvalue weighted by molar-refractivity contribution is 0.0954. The number of fused-ring (bicyclic) bond motifs is 2. The number of aliphatic imine (C=N–C) groups is 1. The number of piperidine rings is 1. The van der Waals surface area contributed by atoms with Crippen molar-refractivity contribution in [2.75, 3.05) is 19.6 Å². The third-order valence-corrected chi connectivity index (χ3v) is 6.57. The molecule has 2 aliphatic heterocycles. The molecular formula is C26H36IN5O2. The SMILES string of the molecule is CCNC(=NCCNC(=O)c1ccc(O)cc1)NC1CC2CCC(C1)N2Cc1ccccc1.I. The third-order valence-electron chi connectivity index (χ3n) is 6.57. The highest BCUT2D eigenvalue weighted by Gasteiger charge is 2.40. The summed E-state index contributed by atoms with van der Waals surface area (Å²) in [5.74, 6) is 0.805. The lowest BCUT2D eigenvalue weighted by Crippen LogP contribution is -2.52. The van der Waals surface area contributed by atoms with Gasteiger partial charge in [0.1, 0.15) is 5.75 Å². The minimum Gasteiger partial charge on any atom is -0.508 e. The van der Waals surface area contributed by atoms with Gasteiger partial charge in [-0.15, -0.1) is 24.0 Å². The molecule has 2 unspecified atom stereocenters. The molecule has 0 saturated carbocycles. The first kappa shape index (κ1) is 26.3. The van der Waals surface area contributed by atoms with Gasteiger partial charge in [-0.25, -0.2) is 0 Å². The van der Waals surface area contributed by atoms with E-state index < -0.39 is 0 Å². The quantitative estimate of drug-likeness (QED) is 0.167. The Kier molecular flexibility index (Phi) is 10.0. The number of phenolic OH excluding ortho intramolecular Hbond substituents is 1. The summed E-state index contributed by atoms with van der Waals surface area (Å²) in [6.45, 7) is 4.86. The van der Waals surface area contributed by atoms with Crippen LogP contribution in [0.2, 0.25) is 0 Å². The number of aromatic hydroxyl groups is 1. The number of hydrogen-bond donors (Lipinski definition) is 4. The number of guanidine groups is 1. The van der Waals surface area contributed by atoms with E-state index in [0.29, 0.717) is 36.8 Å². The van der Waals surface area contributed by atoms with E-state index in [0.717, 1.165) is 31.9 Å². The zero-order valence-corrected chi connectivity index (χ0v) is 22.1. The van der Waals surface area contributed by atoms with Gasteiger partial charge < -0.3 is 21.1 Å². The van der Waals surface area contributed by atoms with Crippen molar-refractivity contribution in [2.24, 2.45) is 4.99 Å². The summed E-state index contributed by atoms with van der Waals surface area (Å²) in [4.78, 5) is 19.6. The van der Waals surface area contributed by atoms with Crippen molar-refractivity contribution >= 4 is 35.8 Å². The summed E-state index contributed by atoms with van der Waals surface area (Å²) >= 11 is 0. The molecule has 4 rings (SSSR count). The van der Waals surface area contributed by atoms with Crippen LogP contribution in [-0.4, -0.2) is 59.6 Å². The smallest absolute Gasteiger partial charge is 0.251 e. The molecule has 0 spiro atoms. The van der Waals surface area contributed by atoms with Crippen molar-refractivity contribution in [1.29, 1.82) is 0 Å². The second kappa shape index (κ2) is 12.9. The molecule has 1 amide bonds. The highest BCUT2D eigenvalue weighted by molar-refractivity contribution is 14.0. The van der Waals surface area contributed by atoms with Gasteiger partial charge in [-0.1, -0.05) is 30.3 Å². The summed E-state index contributed by atoms with van der Waals surface area (Å²) in [5.41, 5.74) is 1.92. The van der Waals surface area contributed by atoms with Crippen molar-refractivity contribution in [3.63, 3.8) is 0 Å². The average Bonchev–Trinajstić information content (AvgIpc) is 3.05. The largest absolute Gasteiger partial charge is 0.508 e. The highest BCUT2D eigenvalue weighted by Crippen LogP contribution is 2.36. The lowest BCUT2D eigenvalue weighted by Gasteiger charge is -2.39. The molecule has 2 aliphatic rings. The number of amides is 1. The summed E-state index contributed by atoms with van der Waals surface area (Å²) in [6.07, 6.45) is 4.80. The Labute approximate surface area is 219 Å². The van der Waals surface area contributed by atoms with Crippen molar-refractivity contribution in [3.05, 3.63) is 65.7 Å². The minimum atomic E-state index is -0.162. The van der Waals surface area contributed by atoms with Crippen molar-refractivity contribution in [1.82, 2.24) is 20.9 Å². The summed E-state index contributed by atoms with van der Waals surface area (Å²) in [7, 11) is 0. The molecule has 184 valence electrons. The van der Waals surface area contributed by atoms with Crippen LogP contribution in [0.15, 0.2) is 59.6 Å². The number of nitrogens with zero attached hydrogens (tertiary/aromatic N) is 2. The standard InChI is InChI=1S/C26H35N5O2.HI/c1-2-27-26(29-15-14-28-25(33)20-8-12-24(32)13-9-20)30-21-16-22-10-11-23(17-21)31(22)18-19-6-4-3-5-7-19;/h3-9,12-13,21-23,32H,2,10-11,14-18H2,1H3,(H,28,33)(H2,27,29,30);1H. The van der Waals surface area contributed by atoms with Crippen molar-refractivity contribution in [3.8, 4) is 5.75 Å². The van der Waals surface area contributed by atoms with Crippen LogP contribution >= 0.6 is 24.0 Å². The van der Waals surface area contributed by atoms with Crippen LogP contribution in [0.4, 0.5) is 0 Å². The minimum absolute atomic E-state index is 0. The second-order valence-electron chi connectivity index (χ2n) is 8.92. The Hall–Kier alpha value is -2.33. The Morgan fingerprint density at radius 3 is 2.35 bits per heavy atom. The van der Waals surface area contributed by atoms with Gasteiger partial charge in [0.05, 0.1) is 6.54 Å². The fourth-order valence-electron chi connectivity index (χ4n) is 5.01. The first-order valence-electron chi connectivity index (χ1n) is 12.0. The Balaban J connectivity index is 0.00000324. The van der Waals surface area contributed by atoms with E-state index in [2.05, 4.69) is 63.1 Å². The molecule has 2 saturated heterocycles. The van der Waals surface area contributed by atoms with Gasteiger partial charge in [0.2, 0.25) is 0 Å². The number of rotatable bonds is 8. The molecule has 2 heterocycles. The number of halogens is 1. The third kappa shape index (κ3) is 7.09. The van der Waals surface area contributed by atoms with E-state index >= 15 is 0 Å². The van der Waals surface area contributed by atoms with Gasteiger partial charge in [-0.05, 0) is 62.4 Å². The van der Waals surface area contributed by atoms with Crippen molar-refractivity contribution in [2.45, 2.75) is 57.3 Å². The monoisotopic (exact) mass is 577 g/mol. The first-order chi connectivity index (χ1) is 16.1. The Bertz CT molecular complexity index is 924. The van der Waals surface area contributed by atoms with Crippen molar-refractivity contribution < 1.29 is 9.90 Å². The fraction of sp³-hybridized carbons (Fsp3) is 0.462. The van der Waals surface area contributed by atoms with Gasteiger partial charge >= 0.3 is 0 Å². The van der Waals surface area contributed by atoms with Crippen LogP contribution in [-0.2, 0) is 6.54 Å². The van der Waals surface area contributed by atoms with E-state index in [1.54, 1.807) is 12.1 Å². The second-order valence-corrected chi connectivity index (χ2v) is 8.92. The molecule has 0 aromatic heterocycles. The zero-order chi connectivity index (χ0) is 23.0. The van der Waals surface area contributed by atoms with Crippen LogP contribution in [0.25, 0.3) is 0 Å². The summed E-state index contributed by atoms with van der Waals surface area (Å²) < 4.78 is 0. The van der Waals surface area contributed by atoms with E-state index in [4.69, 9.17) is 0 Å². The molecule has 2 aromatic carbocycles. The van der Waals surface area contributed by atoms with Gasteiger partial charge in [-0.3, -0.25) is 14.7 Å². The molecule has 2 aromatic rings. The maximum atomic E-state index is 12.2. The molecule has 4 N–H and O–H groups in total. The molecule has 0 radical (unpaired) electrons. The maximum absolute atomic E-state index is 12.2. The van der Waals surface area contributed by atoms with Gasteiger partial charge in [0.25, 0.3) is 5.91 Å².